The van der Waals surface area contributed by atoms with Gasteiger partial charge in [0.05, 0.1) is 12.2 Å². The van der Waals surface area contributed by atoms with Crippen molar-refractivity contribution in [1.29, 1.82) is 0 Å². The summed E-state index contributed by atoms with van der Waals surface area (Å²) in [6.07, 6.45) is 15.7. The van der Waals surface area contributed by atoms with E-state index in [-0.39, 0.29) is 18.3 Å². The summed E-state index contributed by atoms with van der Waals surface area (Å²) in [5.74, 6) is 6.38. The lowest BCUT2D eigenvalue weighted by atomic mass is 9.44. The highest BCUT2D eigenvalue weighted by Crippen LogP contribution is 2.68. The first kappa shape index (κ1) is 28.2. The molecule has 10 atom stereocenters. The number of ether oxygens (including phenoxy) is 1. The van der Waals surface area contributed by atoms with Gasteiger partial charge in [0.1, 0.15) is 6.10 Å². The standard InChI is InChI=1S/C33H56O3/c1-8-24(21(2)3)10-9-22(4)28-13-14-29-27-12-11-25-19-26(36-31(35)23(5)20-34)15-17-32(25,6)30(27)16-18-33(28,29)7/h21-22,24-30,34H,5,8-20H2,1-4,6-7H3/t22-,24-,25+,26+,27+,28?,29+,30+,32+,33-/m1/s1. The summed E-state index contributed by atoms with van der Waals surface area (Å²) in [6, 6.07) is 0. The minimum absolute atomic E-state index is 0.00113. The molecule has 1 N–H and O–H groups in total. The molecule has 1 unspecified atom stereocenters. The van der Waals surface area contributed by atoms with Gasteiger partial charge in [-0.2, -0.15) is 0 Å². The van der Waals surface area contributed by atoms with E-state index < -0.39 is 5.97 Å². The average molecular weight is 501 g/mol. The highest BCUT2D eigenvalue weighted by Gasteiger charge is 2.60. The molecule has 0 bridgehead atoms. The van der Waals surface area contributed by atoms with E-state index in [4.69, 9.17) is 4.74 Å². The molecule has 4 aliphatic rings. The van der Waals surface area contributed by atoms with E-state index in [1.807, 2.05) is 0 Å². The average Bonchev–Trinajstić information content (AvgIpc) is 3.21. The first-order valence-electron chi connectivity index (χ1n) is 15.5. The first-order chi connectivity index (χ1) is 17.0. The van der Waals surface area contributed by atoms with Crippen LogP contribution in [-0.4, -0.2) is 23.8 Å². The van der Waals surface area contributed by atoms with Gasteiger partial charge in [-0.1, -0.05) is 61.0 Å². The summed E-state index contributed by atoms with van der Waals surface area (Å²) in [6.45, 7) is 18.4. The summed E-state index contributed by atoms with van der Waals surface area (Å²) >= 11 is 0. The van der Waals surface area contributed by atoms with Gasteiger partial charge < -0.3 is 9.84 Å². The van der Waals surface area contributed by atoms with Crippen LogP contribution < -0.4 is 0 Å². The highest BCUT2D eigenvalue weighted by molar-refractivity contribution is 5.88. The molecule has 0 amide bonds. The SMILES string of the molecule is C=C(CO)C(=O)O[C@H]1CC[C@@]2(C)[C@@H](CC[C@@H]3[C@@H]2CC[C@]2(C)C([C@H](C)CC[C@@H](CC)C(C)C)CC[C@@H]32)C1. The van der Waals surface area contributed by atoms with Gasteiger partial charge in [-0.3, -0.25) is 0 Å². The molecule has 0 spiro atoms. The van der Waals surface area contributed by atoms with Crippen LogP contribution in [0.1, 0.15) is 119 Å². The van der Waals surface area contributed by atoms with Crippen molar-refractivity contribution in [2.24, 2.45) is 58.2 Å². The Morgan fingerprint density at radius 1 is 0.972 bits per heavy atom. The molecule has 36 heavy (non-hydrogen) atoms. The van der Waals surface area contributed by atoms with Crippen molar-refractivity contribution >= 4 is 5.97 Å². The number of esters is 1. The fraction of sp³-hybridized carbons (Fsp3) is 0.909. The third kappa shape index (κ3) is 5.08. The predicted molar refractivity (Wildman–Crippen MR) is 148 cm³/mol. The highest BCUT2D eigenvalue weighted by atomic mass is 16.5. The van der Waals surface area contributed by atoms with Crippen LogP contribution >= 0.6 is 0 Å². The van der Waals surface area contributed by atoms with Gasteiger partial charge in [0.25, 0.3) is 0 Å². The minimum Gasteiger partial charge on any atom is -0.459 e. The molecule has 0 aromatic carbocycles. The molecule has 3 heteroatoms. The van der Waals surface area contributed by atoms with Crippen LogP contribution in [0.4, 0.5) is 0 Å². The van der Waals surface area contributed by atoms with E-state index in [9.17, 15) is 9.90 Å². The lowest BCUT2D eigenvalue weighted by molar-refractivity contribution is -0.159. The molecule has 4 aliphatic carbocycles. The summed E-state index contributed by atoms with van der Waals surface area (Å²) in [4.78, 5) is 12.2. The Hall–Kier alpha value is -0.830. The zero-order chi connectivity index (χ0) is 26.3. The van der Waals surface area contributed by atoms with Crippen LogP contribution in [0.2, 0.25) is 0 Å². The maximum atomic E-state index is 12.2. The van der Waals surface area contributed by atoms with Gasteiger partial charge in [0.2, 0.25) is 0 Å². The van der Waals surface area contributed by atoms with Crippen molar-refractivity contribution in [3.05, 3.63) is 12.2 Å². The molecule has 4 saturated carbocycles. The largest absolute Gasteiger partial charge is 0.459 e. The van der Waals surface area contributed by atoms with Crippen LogP contribution in [0.3, 0.4) is 0 Å². The second kappa shape index (κ2) is 11.1. The van der Waals surface area contributed by atoms with E-state index in [1.165, 1.54) is 64.2 Å². The maximum Gasteiger partial charge on any atom is 0.336 e. The van der Waals surface area contributed by atoms with Gasteiger partial charge in [-0.05, 0) is 122 Å². The van der Waals surface area contributed by atoms with Crippen molar-refractivity contribution < 1.29 is 14.6 Å². The molecule has 4 rings (SSSR count). The lowest BCUT2D eigenvalue weighted by Crippen LogP contribution is -2.54. The Morgan fingerprint density at radius 3 is 2.33 bits per heavy atom. The number of hydrogen-bond donors (Lipinski definition) is 1. The number of fused-ring (bicyclic) bond motifs is 5. The zero-order valence-electron chi connectivity index (χ0n) is 24.4. The van der Waals surface area contributed by atoms with E-state index in [2.05, 4.69) is 48.1 Å². The summed E-state index contributed by atoms with van der Waals surface area (Å²) in [5, 5.41) is 9.23. The van der Waals surface area contributed by atoms with Crippen LogP contribution in [-0.2, 0) is 9.53 Å². The number of carbonyl (C=O) groups is 1. The van der Waals surface area contributed by atoms with Crippen LogP contribution in [0.5, 0.6) is 0 Å². The summed E-state index contributed by atoms with van der Waals surface area (Å²) in [7, 11) is 0. The van der Waals surface area contributed by atoms with E-state index in [0.29, 0.717) is 16.7 Å². The van der Waals surface area contributed by atoms with Gasteiger partial charge in [0.15, 0.2) is 0 Å². The van der Waals surface area contributed by atoms with Crippen LogP contribution in [0.15, 0.2) is 12.2 Å². The van der Waals surface area contributed by atoms with Crippen molar-refractivity contribution in [1.82, 2.24) is 0 Å². The quantitative estimate of drug-likeness (QED) is 0.256. The topological polar surface area (TPSA) is 46.5 Å². The minimum atomic E-state index is -0.405. The molecule has 0 saturated heterocycles. The number of rotatable bonds is 9. The van der Waals surface area contributed by atoms with Crippen molar-refractivity contribution in [3.63, 3.8) is 0 Å². The first-order valence-corrected chi connectivity index (χ1v) is 15.5. The normalized spacial score (nSPS) is 41.7. The molecule has 4 fully saturated rings. The van der Waals surface area contributed by atoms with E-state index in [1.54, 1.807) is 0 Å². The molecule has 0 radical (unpaired) electrons. The third-order valence-corrected chi connectivity index (χ3v) is 12.6. The van der Waals surface area contributed by atoms with Gasteiger partial charge in [-0.15, -0.1) is 0 Å². The maximum absolute atomic E-state index is 12.2. The fourth-order valence-electron chi connectivity index (χ4n) is 10.3. The Balaban J connectivity index is 1.40. The van der Waals surface area contributed by atoms with Gasteiger partial charge >= 0.3 is 5.97 Å². The third-order valence-electron chi connectivity index (χ3n) is 12.6. The molecular weight excluding hydrogens is 444 g/mol. The van der Waals surface area contributed by atoms with Gasteiger partial charge in [-0.25, -0.2) is 4.79 Å². The Labute approximate surface area is 222 Å². The number of hydrogen-bond acceptors (Lipinski definition) is 3. The molecular formula is C33H56O3. The van der Waals surface area contributed by atoms with Crippen molar-refractivity contribution in [3.8, 4) is 0 Å². The second-order valence-corrected chi connectivity index (χ2v) is 14.4. The van der Waals surface area contributed by atoms with Crippen molar-refractivity contribution in [2.45, 2.75) is 125 Å². The van der Waals surface area contributed by atoms with Crippen molar-refractivity contribution in [2.75, 3.05) is 6.61 Å². The number of carbonyl (C=O) groups excluding carboxylic acids is 1. The molecule has 206 valence electrons. The smallest absolute Gasteiger partial charge is 0.336 e. The zero-order valence-corrected chi connectivity index (χ0v) is 24.4. The second-order valence-electron chi connectivity index (χ2n) is 14.4. The van der Waals surface area contributed by atoms with Crippen LogP contribution in [0.25, 0.3) is 0 Å². The Morgan fingerprint density at radius 2 is 1.67 bits per heavy atom. The lowest BCUT2D eigenvalue weighted by Gasteiger charge is -2.61. The van der Waals surface area contributed by atoms with Gasteiger partial charge in [0, 0.05) is 0 Å². The Kier molecular flexibility index (Phi) is 8.70. The number of aliphatic hydroxyl groups excluding tert-OH is 1. The summed E-state index contributed by atoms with van der Waals surface area (Å²) in [5.41, 5.74) is 1.12. The fourth-order valence-corrected chi connectivity index (χ4v) is 10.3. The van der Waals surface area contributed by atoms with E-state index >= 15 is 0 Å². The molecule has 0 aromatic heterocycles. The van der Waals surface area contributed by atoms with Crippen LogP contribution in [0, 0.1) is 58.2 Å². The van der Waals surface area contributed by atoms with E-state index in [0.717, 1.165) is 54.3 Å². The molecule has 0 aliphatic heterocycles. The number of aliphatic hydroxyl groups is 1. The predicted octanol–water partition coefficient (Wildman–Crippen LogP) is 8.20. The monoisotopic (exact) mass is 500 g/mol. The summed E-state index contributed by atoms with van der Waals surface area (Å²) < 4.78 is 5.76. The molecule has 0 aromatic rings. The molecule has 0 heterocycles. The molecule has 3 nitrogen and oxygen atoms in total. The Bertz CT molecular complexity index is 788.